The molecule has 166 valence electrons. The van der Waals surface area contributed by atoms with Crippen LogP contribution in [0.25, 0.3) is 0 Å². The molecule has 2 heterocycles. The number of hydrogen-bond donors (Lipinski definition) is 0. The van der Waals surface area contributed by atoms with Crippen molar-refractivity contribution in [3.05, 3.63) is 0 Å². The van der Waals surface area contributed by atoms with Gasteiger partial charge in [0.15, 0.2) is 0 Å². The van der Waals surface area contributed by atoms with Gasteiger partial charge in [0.25, 0.3) is 0 Å². The first-order valence-corrected chi connectivity index (χ1v) is 12.7. The van der Waals surface area contributed by atoms with Crippen LogP contribution in [0.3, 0.4) is 0 Å². The minimum Gasteiger partial charge on any atom is -0.300 e. The molecule has 0 spiro atoms. The smallest absolute Gasteiger partial charge is 0.0170 e. The Balaban J connectivity index is 1.58. The van der Waals surface area contributed by atoms with Gasteiger partial charge in [-0.15, -0.1) is 0 Å². The first-order valence-electron chi connectivity index (χ1n) is 12.7. The molecule has 1 unspecified atom stereocenters. The minimum atomic E-state index is 0.320. The molecule has 0 N–H and O–H groups in total. The number of unbranched alkanes of at least 4 members (excludes halogenated alkanes) is 9. The maximum absolute atomic E-state index is 2.86. The van der Waals surface area contributed by atoms with E-state index in [9.17, 15) is 0 Å². The molecule has 2 heteroatoms. The molecule has 0 aromatic heterocycles. The molecule has 0 bridgehead atoms. The van der Waals surface area contributed by atoms with Crippen LogP contribution in [0.5, 0.6) is 0 Å². The zero-order valence-electron chi connectivity index (χ0n) is 20.4. The Labute approximate surface area is 177 Å². The van der Waals surface area contributed by atoms with Gasteiger partial charge in [-0.2, -0.15) is 0 Å². The molecule has 0 radical (unpaired) electrons. The lowest BCUT2D eigenvalue weighted by atomic mass is 9.77. The lowest BCUT2D eigenvalue weighted by Crippen LogP contribution is -2.62. The molecule has 2 saturated heterocycles. The number of likely N-dealkylation sites (tertiary alicyclic amines) is 2. The minimum absolute atomic E-state index is 0.320. The van der Waals surface area contributed by atoms with Gasteiger partial charge in [-0.25, -0.2) is 0 Å². The van der Waals surface area contributed by atoms with Crippen LogP contribution in [-0.2, 0) is 0 Å². The first-order chi connectivity index (χ1) is 13.3. The molecule has 2 fully saturated rings. The van der Waals surface area contributed by atoms with Crippen LogP contribution in [0.1, 0.15) is 125 Å². The second-order valence-electron chi connectivity index (χ2n) is 11.4. The van der Waals surface area contributed by atoms with Crippen LogP contribution in [0.15, 0.2) is 0 Å². The average Bonchev–Trinajstić information content (AvgIpc) is 3.10. The number of piperidine rings is 1. The summed E-state index contributed by atoms with van der Waals surface area (Å²) in [6.07, 6.45) is 20.2. The van der Waals surface area contributed by atoms with Crippen LogP contribution in [0, 0.1) is 5.92 Å². The Kier molecular flexibility index (Phi) is 9.81. The first kappa shape index (κ1) is 24.2. The zero-order chi connectivity index (χ0) is 20.6. The Morgan fingerprint density at radius 3 is 1.79 bits per heavy atom. The van der Waals surface area contributed by atoms with Gasteiger partial charge < -0.3 is 0 Å². The maximum atomic E-state index is 2.86. The topological polar surface area (TPSA) is 6.48 Å². The highest BCUT2D eigenvalue weighted by molar-refractivity contribution is 5.02. The summed E-state index contributed by atoms with van der Waals surface area (Å²) < 4.78 is 0. The fraction of sp³-hybridized carbons (Fsp3) is 1.00. The van der Waals surface area contributed by atoms with Gasteiger partial charge in [0.2, 0.25) is 0 Å². The number of nitrogens with zero attached hydrogens (tertiary/aromatic N) is 2. The van der Waals surface area contributed by atoms with E-state index < -0.39 is 0 Å². The van der Waals surface area contributed by atoms with Crippen molar-refractivity contribution in [2.24, 2.45) is 5.92 Å². The third-order valence-corrected chi connectivity index (χ3v) is 8.09. The van der Waals surface area contributed by atoms with Crippen molar-refractivity contribution in [3.63, 3.8) is 0 Å². The predicted octanol–water partition coefficient (Wildman–Crippen LogP) is 7.27. The van der Waals surface area contributed by atoms with Crippen LogP contribution in [-0.4, -0.2) is 47.1 Å². The molecular formula is C26H52N2. The van der Waals surface area contributed by atoms with Crippen molar-refractivity contribution in [3.8, 4) is 0 Å². The van der Waals surface area contributed by atoms with Crippen molar-refractivity contribution in [2.45, 2.75) is 142 Å². The Morgan fingerprint density at radius 1 is 0.750 bits per heavy atom. The second kappa shape index (κ2) is 11.3. The quantitative estimate of drug-likeness (QED) is 0.322. The third kappa shape index (κ3) is 7.31. The Bertz CT molecular complexity index is 410. The van der Waals surface area contributed by atoms with Gasteiger partial charge >= 0.3 is 0 Å². The van der Waals surface area contributed by atoms with Crippen molar-refractivity contribution < 1.29 is 0 Å². The van der Waals surface area contributed by atoms with Crippen LogP contribution < -0.4 is 0 Å². The fourth-order valence-electron chi connectivity index (χ4n) is 5.93. The van der Waals surface area contributed by atoms with E-state index in [0.29, 0.717) is 11.1 Å². The molecule has 28 heavy (non-hydrogen) atoms. The zero-order valence-corrected chi connectivity index (χ0v) is 20.4. The molecule has 2 nitrogen and oxygen atoms in total. The standard InChI is InChI=1S/C26H52N2/c1-7-8-9-10-11-12-13-14-15-16-17-23-18-19-28(22-23)24-20-25(2,3)27(6)26(4,5)21-24/h23-24H,7-22H2,1-6H3. The Morgan fingerprint density at radius 2 is 1.25 bits per heavy atom. The molecule has 0 saturated carbocycles. The SMILES string of the molecule is CCCCCCCCCCCCC1CCN(C2CC(C)(C)N(C)C(C)(C)C2)C1. The normalized spacial score (nSPS) is 26.1. The van der Waals surface area contributed by atoms with Gasteiger partial charge in [0, 0.05) is 23.7 Å². The predicted molar refractivity (Wildman–Crippen MR) is 125 cm³/mol. The summed E-state index contributed by atoms with van der Waals surface area (Å²) >= 11 is 0. The van der Waals surface area contributed by atoms with Crippen molar-refractivity contribution in [2.75, 3.05) is 20.1 Å². The summed E-state index contributed by atoms with van der Waals surface area (Å²) in [4.78, 5) is 5.48. The van der Waals surface area contributed by atoms with E-state index in [0.717, 1.165) is 12.0 Å². The van der Waals surface area contributed by atoms with Gasteiger partial charge in [-0.05, 0) is 72.9 Å². The van der Waals surface area contributed by atoms with E-state index in [1.807, 2.05) is 0 Å². The lowest BCUT2D eigenvalue weighted by molar-refractivity contribution is -0.0436. The summed E-state index contributed by atoms with van der Waals surface area (Å²) in [5.74, 6) is 0.972. The third-order valence-electron chi connectivity index (χ3n) is 8.09. The van der Waals surface area contributed by atoms with E-state index in [1.165, 1.54) is 103 Å². The van der Waals surface area contributed by atoms with Gasteiger partial charge in [0.05, 0.1) is 0 Å². The molecule has 0 amide bonds. The van der Waals surface area contributed by atoms with Crippen molar-refractivity contribution in [1.82, 2.24) is 9.80 Å². The summed E-state index contributed by atoms with van der Waals surface area (Å²) in [7, 11) is 2.33. The molecule has 2 aliphatic heterocycles. The van der Waals surface area contributed by atoms with Gasteiger partial charge in [-0.1, -0.05) is 71.1 Å². The molecule has 1 atom stereocenters. The fourth-order valence-corrected chi connectivity index (χ4v) is 5.93. The highest BCUT2D eigenvalue weighted by Gasteiger charge is 2.45. The van der Waals surface area contributed by atoms with E-state index in [2.05, 4.69) is 51.5 Å². The van der Waals surface area contributed by atoms with Crippen LogP contribution >= 0.6 is 0 Å². The number of hydrogen-bond acceptors (Lipinski definition) is 2. The van der Waals surface area contributed by atoms with Gasteiger partial charge in [0.1, 0.15) is 0 Å². The second-order valence-corrected chi connectivity index (χ2v) is 11.4. The molecule has 0 aromatic carbocycles. The van der Waals surface area contributed by atoms with Crippen molar-refractivity contribution >= 4 is 0 Å². The summed E-state index contributed by atoms with van der Waals surface area (Å²) in [6.45, 7) is 14.8. The van der Waals surface area contributed by atoms with Gasteiger partial charge in [-0.3, -0.25) is 9.80 Å². The van der Waals surface area contributed by atoms with Crippen molar-refractivity contribution in [1.29, 1.82) is 0 Å². The Hall–Kier alpha value is -0.0800. The monoisotopic (exact) mass is 392 g/mol. The molecule has 2 aliphatic rings. The number of rotatable bonds is 12. The molecular weight excluding hydrogens is 340 g/mol. The van der Waals surface area contributed by atoms with E-state index in [4.69, 9.17) is 0 Å². The lowest BCUT2D eigenvalue weighted by Gasteiger charge is -2.55. The summed E-state index contributed by atoms with van der Waals surface area (Å²) in [6, 6.07) is 0.791. The van der Waals surface area contributed by atoms with Crippen LogP contribution in [0.2, 0.25) is 0 Å². The van der Waals surface area contributed by atoms with E-state index in [-0.39, 0.29) is 0 Å². The maximum Gasteiger partial charge on any atom is 0.0170 e. The van der Waals surface area contributed by atoms with Crippen LogP contribution in [0.4, 0.5) is 0 Å². The molecule has 0 aliphatic carbocycles. The largest absolute Gasteiger partial charge is 0.300 e. The summed E-state index contributed by atoms with van der Waals surface area (Å²) in [5.41, 5.74) is 0.641. The van der Waals surface area contributed by atoms with E-state index >= 15 is 0 Å². The highest BCUT2D eigenvalue weighted by atomic mass is 15.3. The molecule has 2 rings (SSSR count). The summed E-state index contributed by atoms with van der Waals surface area (Å²) in [5, 5.41) is 0. The molecule has 0 aromatic rings. The van der Waals surface area contributed by atoms with E-state index in [1.54, 1.807) is 0 Å². The highest BCUT2D eigenvalue weighted by Crippen LogP contribution is 2.40. The average molecular weight is 393 g/mol.